The van der Waals surface area contributed by atoms with Crippen LogP contribution in [0.1, 0.15) is 11.1 Å². The van der Waals surface area contributed by atoms with Gasteiger partial charge < -0.3 is 10.2 Å². The number of hydrogen-bond donors (Lipinski definition) is 2. The van der Waals surface area contributed by atoms with E-state index in [-0.39, 0.29) is 5.82 Å². The highest BCUT2D eigenvalue weighted by Gasteiger charge is 2.18. The third kappa shape index (κ3) is 6.47. The fraction of sp³-hybridized carbons (Fsp3) is 0.286. The van der Waals surface area contributed by atoms with Crippen LogP contribution in [0.3, 0.4) is 0 Å². The van der Waals surface area contributed by atoms with Crippen LogP contribution in [0.2, 0.25) is 0 Å². The van der Waals surface area contributed by atoms with Gasteiger partial charge in [-0.2, -0.15) is 0 Å². The highest BCUT2D eigenvalue weighted by Crippen LogP contribution is 2.27. The van der Waals surface area contributed by atoms with Crippen molar-refractivity contribution in [2.75, 3.05) is 44.7 Å². The molecule has 2 aromatic carbocycles. The van der Waals surface area contributed by atoms with Crippen molar-refractivity contribution in [3.8, 4) is 0 Å². The lowest BCUT2D eigenvalue weighted by Gasteiger charge is -2.27. The van der Waals surface area contributed by atoms with Gasteiger partial charge in [0.15, 0.2) is 5.84 Å². The van der Waals surface area contributed by atoms with Crippen molar-refractivity contribution in [3.05, 3.63) is 96.1 Å². The van der Waals surface area contributed by atoms with E-state index in [1.807, 2.05) is 36.3 Å². The number of nitrogens with one attached hydrogen (secondary N) is 2. The monoisotopic (exact) mass is 487 g/mol. The minimum atomic E-state index is -0.221. The first kappa shape index (κ1) is 25.3. The fourth-order valence-electron chi connectivity index (χ4n) is 4.40. The molecule has 0 radical (unpaired) electrons. The number of benzene rings is 2. The summed E-state index contributed by atoms with van der Waals surface area (Å²) in [5.41, 5.74) is 9.01. The quantitative estimate of drug-likeness (QED) is 0.575. The lowest BCUT2D eigenvalue weighted by Crippen LogP contribution is -2.39. The lowest BCUT2D eigenvalue weighted by atomic mass is 10.1. The van der Waals surface area contributed by atoms with E-state index in [1.54, 1.807) is 24.7 Å². The Kier molecular flexibility index (Phi) is 8.30. The minimum Gasteiger partial charge on any atom is -0.370 e. The molecule has 0 spiro atoms. The fourth-order valence-corrected chi connectivity index (χ4v) is 4.40. The van der Waals surface area contributed by atoms with Crippen LogP contribution >= 0.6 is 0 Å². The molecule has 36 heavy (non-hydrogen) atoms. The van der Waals surface area contributed by atoms with Gasteiger partial charge in [-0.3, -0.25) is 15.3 Å². The van der Waals surface area contributed by atoms with Crippen LogP contribution in [-0.2, 0) is 6.54 Å². The summed E-state index contributed by atoms with van der Waals surface area (Å²) in [4.78, 5) is 13.8. The second kappa shape index (κ2) is 11.8. The molecule has 8 heteroatoms. The van der Waals surface area contributed by atoms with Crippen molar-refractivity contribution in [3.63, 3.8) is 0 Å². The second-order valence-corrected chi connectivity index (χ2v) is 9.08. The molecule has 0 atom stereocenters. The Balaban J connectivity index is 1.54. The number of hydrazine groups is 1. The lowest BCUT2D eigenvalue weighted by molar-refractivity contribution is 0.339. The summed E-state index contributed by atoms with van der Waals surface area (Å²) in [5, 5.41) is 5.22. The average molecular weight is 488 g/mol. The minimum absolute atomic E-state index is 0.221. The largest absolute Gasteiger partial charge is 0.370 e. The summed E-state index contributed by atoms with van der Waals surface area (Å²) in [5.74, 6) is 0.391. The van der Waals surface area contributed by atoms with Gasteiger partial charge in [0.05, 0.1) is 5.69 Å². The van der Waals surface area contributed by atoms with Gasteiger partial charge in [0, 0.05) is 58.2 Å². The number of aliphatic imine (C=N–C) groups is 2. The molecule has 0 aromatic heterocycles. The second-order valence-electron chi connectivity index (χ2n) is 9.08. The Bertz CT molecular complexity index is 1200. The standard InChI is InChI=1S/C28H34FN7/c1-5-36-27(11-13-35-14-12-30-17-21(2)18-35)28(31-20-32-36)33-25-9-10-26(22(3)15-25)34(4)19-23-7-6-8-24(29)16-23/h5-11,15-16,20,30H,1-2,12-14,17-19H2,3-4H3,(H,31,32,33)/b27-11+. The first-order chi connectivity index (χ1) is 17.4. The molecule has 0 bridgehead atoms. The molecule has 0 unspecified atom stereocenters. The Morgan fingerprint density at radius 2 is 2.11 bits per heavy atom. The zero-order valence-corrected chi connectivity index (χ0v) is 21.0. The summed E-state index contributed by atoms with van der Waals surface area (Å²) < 4.78 is 13.6. The normalized spacial score (nSPS) is 18.9. The zero-order valence-electron chi connectivity index (χ0n) is 21.0. The van der Waals surface area contributed by atoms with E-state index in [2.05, 4.69) is 51.7 Å². The van der Waals surface area contributed by atoms with Crippen molar-refractivity contribution in [2.45, 2.75) is 13.5 Å². The third-order valence-electron chi connectivity index (χ3n) is 6.16. The Labute approximate surface area is 213 Å². The topological polar surface area (TPSA) is 58.5 Å². The predicted octanol–water partition coefficient (Wildman–Crippen LogP) is 4.14. The Morgan fingerprint density at radius 1 is 1.25 bits per heavy atom. The van der Waals surface area contributed by atoms with Gasteiger partial charge in [-0.05, 0) is 60.0 Å². The molecule has 2 heterocycles. The molecule has 1 fully saturated rings. The average Bonchev–Trinajstić information content (AvgIpc) is 3.06. The highest BCUT2D eigenvalue weighted by molar-refractivity contribution is 6.05. The third-order valence-corrected chi connectivity index (χ3v) is 6.16. The molecule has 4 rings (SSSR count). The molecule has 2 aliphatic heterocycles. The van der Waals surface area contributed by atoms with Crippen LogP contribution < -0.4 is 15.6 Å². The maximum Gasteiger partial charge on any atom is 0.179 e. The SMILES string of the molecule is C=CN1NC=NC(=Nc2ccc(N(C)Cc3cccc(F)c3)c(C)c2)/C1=C\CN1CCNCC(=C)C1. The summed E-state index contributed by atoms with van der Waals surface area (Å²) in [6, 6.07) is 12.8. The molecule has 2 aromatic rings. The van der Waals surface area contributed by atoms with Gasteiger partial charge in [0.25, 0.3) is 0 Å². The first-order valence-corrected chi connectivity index (χ1v) is 12.1. The maximum absolute atomic E-state index is 13.6. The predicted molar refractivity (Wildman–Crippen MR) is 147 cm³/mol. The van der Waals surface area contributed by atoms with E-state index in [9.17, 15) is 4.39 Å². The molecule has 7 nitrogen and oxygen atoms in total. The van der Waals surface area contributed by atoms with E-state index in [0.717, 1.165) is 60.9 Å². The number of rotatable bonds is 7. The molecule has 188 valence electrons. The summed E-state index contributed by atoms with van der Waals surface area (Å²) >= 11 is 0. The molecule has 2 aliphatic rings. The summed E-state index contributed by atoms with van der Waals surface area (Å²) in [6.45, 7) is 15.1. The van der Waals surface area contributed by atoms with Gasteiger partial charge in [0.2, 0.25) is 0 Å². The van der Waals surface area contributed by atoms with E-state index in [0.29, 0.717) is 12.4 Å². The molecule has 0 saturated carbocycles. The van der Waals surface area contributed by atoms with Crippen LogP contribution in [0.25, 0.3) is 0 Å². The van der Waals surface area contributed by atoms with Gasteiger partial charge in [-0.15, -0.1) is 0 Å². The molecular formula is C28H34FN7. The highest BCUT2D eigenvalue weighted by atomic mass is 19.1. The van der Waals surface area contributed by atoms with Gasteiger partial charge in [-0.25, -0.2) is 14.4 Å². The maximum atomic E-state index is 13.6. The van der Waals surface area contributed by atoms with Crippen LogP contribution in [0, 0.1) is 12.7 Å². The molecule has 2 N–H and O–H groups in total. The summed E-state index contributed by atoms with van der Waals surface area (Å²) in [6.07, 6.45) is 5.45. The number of hydrogen-bond acceptors (Lipinski definition) is 6. The van der Waals surface area contributed by atoms with Crippen molar-refractivity contribution >= 4 is 23.5 Å². The van der Waals surface area contributed by atoms with Gasteiger partial charge >= 0.3 is 0 Å². The molecule has 1 saturated heterocycles. The van der Waals surface area contributed by atoms with Crippen molar-refractivity contribution in [1.82, 2.24) is 20.7 Å². The number of nitrogens with zero attached hydrogens (tertiary/aromatic N) is 5. The number of amidine groups is 1. The summed E-state index contributed by atoms with van der Waals surface area (Å²) in [7, 11) is 2.01. The van der Waals surface area contributed by atoms with E-state index >= 15 is 0 Å². The number of aryl methyl sites for hydroxylation is 1. The van der Waals surface area contributed by atoms with Crippen LogP contribution in [0.5, 0.6) is 0 Å². The first-order valence-electron chi connectivity index (χ1n) is 12.1. The zero-order chi connectivity index (χ0) is 25.5. The van der Waals surface area contributed by atoms with Crippen LogP contribution in [0.15, 0.2) is 89.2 Å². The van der Waals surface area contributed by atoms with Gasteiger partial charge in [-0.1, -0.05) is 25.3 Å². The van der Waals surface area contributed by atoms with Crippen LogP contribution in [-0.4, -0.2) is 61.9 Å². The Hall–Kier alpha value is -3.75. The van der Waals surface area contributed by atoms with Gasteiger partial charge in [0.1, 0.15) is 17.9 Å². The molecule has 0 aliphatic carbocycles. The number of anilines is 1. The molecular weight excluding hydrogens is 453 g/mol. The van der Waals surface area contributed by atoms with Crippen molar-refractivity contribution in [2.24, 2.45) is 9.98 Å². The van der Waals surface area contributed by atoms with Crippen LogP contribution in [0.4, 0.5) is 15.8 Å². The van der Waals surface area contributed by atoms with Crippen molar-refractivity contribution in [1.29, 1.82) is 0 Å². The Morgan fingerprint density at radius 3 is 2.89 bits per heavy atom. The van der Waals surface area contributed by atoms with E-state index in [1.165, 1.54) is 11.6 Å². The smallest absolute Gasteiger partial charge is 0.179 e. The van der Waals surface area contributed by atoms with Crippen molar-refractivity contribution < 1.29 is 4.39 Å². The van der Waals surface area contributed by atoms with E-state index < -0.39 is 0 Å². The van der Waals surface area contributed by atoms with E-state index in [4.69, 9.17) is 4.99 Å². The molecule has 0 amide bonds. The number of halogens is 1.